The lowest BCUT2D eigenvalue weighted by Gasteiger charge is -2.15. The van der Waals surface area contributed by atoms with Gasteiger partial charge in [0.15, 0.2) is 0 Å². The fourth-order valence-electron chi connectivity index (χ4n) is 3.89. The number of amides is 3. The molecule has 0 saturated carbocycles. The number of allylic oxidation sites excluding steroid dienone is 3. The molecule has 1 saturated heterocycles. The first kappa shape index (κ1) is 16.9. The zero-order valence-electron chi connectivity index (χ0n) is 14.1. The van der Waals surface area contributed by atoms with Gasteiger partial charge >= 0.3 is 0 Å². The third-order valence-electron chi connectivity index (χ3n) is 5.31. The van der Waals surface area contributed by atoms with Crippen molar-refractivity contribution in [1.82, 2.24) is 10.2 Å². The van der Waals surface area contributed by atoms with E-state index in [1.807, 2.05) is 12.2 Å². The van der Waals surface area contributed by atoms with Crippen molar-refractivity contribution in [3.05, 3.63) is 23.8 Å². The van der Waals surface area contributed by atoms with Crippen molar-refractivity contribution in [2.24, 2.45) is 11.8 Å². The van der Waals surface area contributed by atoms with E-state index in [9.17, 15) is 14.4 Å². The molecular formula is C19H26N2O3. The monoisotopic (exact) mass is 330 g/mol. The van der Waals surface area contributed by atoms with Gasteiger partial charge in [0.2, 0.25) is 17.7 Å². The molecule has 1 fully saturated rings. The maximum Gasteiger partial charge on any atom is 0.233 e. The van der Waals surface area contributed by atoms with Crippen molar-refractivity contribution in [2.75, 3.05) is 13.1 Å². The number of likely N-dealkylation sites (tertiary alicyclic amines) is 1. The molecule has 5 nitrogen and oxygen atoms in total. The Kier molecular flexibility index (Phi) is 5.48. The van der Waals surface area contributed by atoms with E-state index in [0.29, 0.717) is 19.4 Å². The van der Waals surface area contributed by atoms with Crippen LogP contribution in [0.3, 0.4) is 0 Å². The highest BCUT2D eigenvalue weighted by molar-refractivity contribution is 6.05. The van der Waals surface area contributed by atoms with Gasteiger partial charge in [0, 0.05) is 19.5 Å². The lowest BCUT2D eigenvalue weighted by Crippen LogP contribution is -2.35. The first-order chi connectivity index (χ1) is 11.7. The molecule has 0 bridgehead atoms. The van der Waals surface area contributed by atoms with Crippen molar-refractivity contribution in [1.29, 1.82) is 0 Å². The van der Waals surface area contributed by atoms with E-state index in [2.05, 4.69) is 11.4 Å². The minimum Gasteiger partial charge on any atom is -0.356 e. The smallest absolute Gasteiger partial charge is 0.233 e. The van der Waals surface area contributed by atoms with Crippen LogP contribution >= 0.6 is 0 Å². The topological polar surface area (TPSA) is 66.5 Å². The maximum atomic E-state index is 12.3. The van der Waals surface area contributed by atoms with Crippen molar-refractivity contribution in [2.45, 2.75) is 51.4 Å². The second-order valence-corrected chi connectivity index (χ2v) is 6.94. The number of nitrogens with one attached hydrogen (secondary N) is 1. The zero-order valence-corrected chi connectivity index (χ0v) is 14.1. The van der Waals surface area contributed by atoms with Gasteiger partial charge in [0.25, 0.3) is 0 Å². The molecule has 1 heterocycles. The fourth-order valence-corrected chi connectivity index (χ4v) is 3.89. The predicted octanol–water partition coefficient (Wildman–Crippen LogP) is 2.33. The number of rotatable bonds is 6. The Morgan fingerprint density at radius 3 is 2.46 bits per heavy atom. The summed E-state index contributed by atoms with van der Waals surface area (Å²) in [7, 11) is 0. The van der Waals surface area contributed by atoms with E-state index in [1.165, 1.54) is 23.3 Å². The molecule has 3 rings (SSSR count). The second kappa shape index (κ2) is 7.77. The van der Waals surface area contributed by atoms with Crippen molar-refractivity contribution < 1.29 is 14.4 Å². The summed E-state index contributed by atoms with van der Waals surface area (Å²) >= 11 is 0. The molecule has 3 aliphatic rings. The van der Waals surface area contributed by atoms with Gasteiger partial charge in [0.1, 0.15) is 0 Å². The Hall–Kier alpha value is -1.91. The number of carbonyl (C=O) groups excluding carboxylic acids is 3. The van der Waals surface area contributed by atoms with Crippen molar-refractivity contribution >= 4 is 17.7 Å². The van der Waals surface area contributed by atoms with Gasteiger partial charge in [-0.2, -0.15) is 0 Å². The lowest BCUT2D eigenvalue weighted by atomic mass is 9.85. The van der Waals surface area contributed by atoms with Crippen LogP contribution in [0.25, 0.3) is 0 Å². The SMILES string of the molecule is O=C(CCN1C(=O)[C@H]2CC=CC[C@H]2C1=O)NCCC1=CCCCC1. The van der Waals surface area contributed by atoms with Gasteiger partial charge in [-0.15, -0.1) is 0 Å². The number of hydrogen-bond donors (Lipinski definition) is 1. The maximum absolute atomic E-state index is 12.3. The zero-order chi connectivity index (χ0) is 16.9. The lowest BCUT2D eigenvalue weighted by molar-refractivity contribution is -0.140. The summed E-state index contributed by atoms with van der Waals surface area (Å²) in [4.78, 5) is 37.9. The van der Waals surface area contributed by atoms with Crippen molar-refractivity contribution in [3.63, 3.8) is 0 Å². The Labute approximate surface area is 143 Å². The number of carbonyl (C=O) groups is 3. The van der Waals surface area contributed by atoms with E-state index in [1.54, 1.807) is 0 Å². The number of hydrogen-bond acceptors (Lipinski definition) is 3. The largest absolute Gasteiger partial charge is 0.356 e. The van der Waals surface area contributed by atoms with Crippen LogP contribution in [-0.2, 0) is 14.4 Å². The molecule has 24 heavy (non-hydrogen) atoms. The summed E-state index contributed by atoms with van der Waals surface area (Å²) in [6.07, 6.45) is 13.4. The third-order valence-corrected chi connectivity index (χ3v) is 5.31. The van der Waals surface area contributed by atoms with E-state index in [0.717, 1.165) is 19.3 Å². The molecule has 0 unspecified atom stereocenters. The van der Waals surface area contributed by atoms with Gasteiger partial charge in [0.05, 0.1) is 11.8 Å². The first-order valence-corrected chi connectivity index (χ1v) is 9.11. The minimum atomic E-state index is -0.205. The highest BCUT2D eigenvalue weighted by Gasteiger charge is 2.46. The molecule has 0 aromatic heterocycles. The predicted molar refractivity (Wildman–Crippen MR) is 90.9 cm³/mol. The third kappa shape index (κ3) is 3.77. The summed E-state index contributed by atoms with van der Waals surface area (Å²) in [6.45, 7) is 0.848. The van der Waals surface area contributed by atoms with Crippen LogP contribution < -0.4 is 5.32 Å². The van der Waals surface area contributed by atoms with E-state index >= 15 is 0 Å². The summed E-state index contributed by atoms with van der Waals surface area (Å²) < 4.78 is 0. The van der Waals surface area contributed by atoms with Crippen LogP contribution in [0, 0.1) is 11.8 Å². The molecular weight excluding hydrogens is 304 g/mol. The highest BCUT2D eigenvalue weighted by Crippen LogP contribution is 2.34. The standard InChI is InChI=1S/C19H26N2O3/c22-17(20-12-10-14-6-2-1-3-7-14)11-13-21-18(23)15-8-4-5-9-16(15)19(21)24/h4-6,15-16H,1-3,7-13H2,(H,20,22)/t15-,16+. The molecule has 0 aromatic rings. The molecule has 1 N–H and O–H groups in total. The van der Waals surface area contributed by atoms with Gasteiger partial charge in [-0.3, -0.25) is 19.3 Å². The fraction of sp³-hybridized carbons (Fsp3) is 0.632. The van der Waals surface area contributed by atoms with Crippen LogP contribution in [0.5, 0.6) is 0 Å². The Morgan fingerprint density at radius 2 is 1.83 bits per heavy atom. The number of fused-ring (bicyclic) bond motifs is 1. The van der Waals surface area contributed by atoms with E-state index in [-0.39, 0.29) is 42.5 Å². The Balaban J connectivity index is 1.40. The summed E-state index contributed by atoms with van der Waals surface area (Å²) in [5.41, 5.74) is 1.43. The first-order valence-electron chi connectivity index (χ1n) is 9.11. The molecule has 2 aliphatic carbocycles. The Bertz CT molecular complexity index is 553. The molecule has 0 spiro atoms. The van der Waals surface area contributed by atoms with Gasteiger partial charge < -0.3 is 5.32 Å². The normalized spacial score (nSPS) is 26.3. The molecule has 1 aliphatic heterocycles. The minimum absolute atomic E-state index is 0.0833. The molecule has 5 heteroatoms. The second-order valence-electron chi connectivity index (χ2n) is 6.94. The van der Waals surface area contributed by atoms with Crippen LogP contribution in [0.1, 0.15) is 51.4 Å². The number of imide groups is 1. The molecule has 2 atom stereocenters. The highest BCUT2D eigenvalue weighted by atomic mass is 16.2. The number of nitrogens with zero attached hydrogens (tertiary/aromatic N) is 1. The van der Waals surface area contributed by atoms with Crippen LogP contribution in [0.2, 0.25) is 0 Å². The van der Waals surface area contributed by atoms with Crippen LogP contribution in [-0.4, -0.2) is 35.7 Å². The molecule has 130 valence electrons. The Morgan fingerprint density at radius 1 is 1.12 bits per heavy atom. The van der Waals surface area contributed by atoms with Crippen molar-refractivity contribution in [3.8, 4) is 0 Å². The molecule has 3 amide bonds. The average Bonchev–Trinajstić information content (AvgIpc) is 2.85. The summed E-state index contributed by atoms with van der Waals surface area (Å²) in [5.74, 6) is -0.698. The van der Waals surface area contributed by atoms with Gasteiger partial charge in [-0.05, 0) is 44.9 Å². The van der Waals surface area contributed by atoms with Crippen LogP contribution in [0.4, 0.5) is 0 Å². The quantitative estimate of drug-likeness (QED) is 0.600. The van der Waals surface area contributed by atoms with Gasteiger partial charge in [-0.1, -0.05) is 23.8 Å². The van der Waals surface area contributed by atoms with E-state index < -0.39 is 0 Å². The van der Waals surface area contributed by atoms with Gasteiger partial charge in [-0.25, -0.2) is 0 Å². The summed E-state index contributed by atoms with van der Waals surface area (Å²) in [5, 5.41) is 2.90. The summed E-state index contributed by atoms with van der Waals surface area (Å²) in [6, 6.07) is 0. The van der Waals surface area contributed by atoms with Crippen LogP contribution in [0.15, 0.2) is 23.8 Å². The van der Waals surface area contributed by atoms with E-state index in [4.69, 9.17) is 0 Å². The molecule has 0 radical (unpaired) electrons. The molecule has 0 aromatic carbocycles. The average molecular weight is 330 g/mol.